The number of carbonyl (C=O) groups is 2. The van der Waals surface area contributed by atoms with Crippen LogP contribution in [0.5, 0.6) is 16.7 Å². The molecule has 200 valence electrons. The summed E-state index contributed by atoms with van der Waals surface area (Å²) in [6.45, 7) is 5.31. The molecule has 0 bridgehead atoms. The molecule has 5 rings (SSSR count). The van der Waals surface area contributed by atoms with Crippen LogP contribution in [0.3, 0.4) is 0 Å². The van der Waals surface area contributed by atoms with Crippen molar-refractivity contribution < 1.29 is 24.2 Å². The zero-order valence-corrected chi connectivity index (χ0v) is 22.8. The lowest BCUT2D eigenvalue weighted by Gasteiger charge is -2.31. The van der Waals surface area contributed by atoms with Gasteiger partial charge in [-0.3, -0.25) is 4.79 Å². The van der Waals surface area contributed by atoms with Gasteiger partial charge in [-0.1, -0.05) is 41.7 Å². The Kier molecular flexibility index (Phi) is 7.93. The highest BCUT2D eigenvalue weighted by atomic mass is 32.1. The van der Waals surface area contributed by atoms with E-state index in [1.54, 1.807) is 18.3 Å². The number of hydrogen-bond acceptors (Lipinski definition) is 6. The molecule has 4 aromatic rings. The quantitative estimate of drug-likeness (QED) is 0.228. The van der Waals surface area contributed by atoms with Crippen molar-refractivity contribution in [3.05, 3.63) is 89.1 Å². The fourth-order valence-electron chi connectivity index (χ4n) is 4.76. The van der Waals surface area contributed by atoms with Gasteiger partial charge in [-0.15, -0.1) is 0 Å². The second-order valence-electron chi connectivity index (χ2n) is 9.53. The molecule has 1 aromatic heterocycles. The summed E-state index contributed by atoms with van der Waals surface area (Å²) >= 11 is 1.39. The third-order valence-corrected chi connectivity index (χ3v) is 7.84. The van der Waals surface area contributed by atoms with Gasteiger partial charge >= 0.3 is 5.97 Å². The number of carbonyl (C=O) groups excluding carboxylic acids is 1. The molecule has 0 aliphatic carbocycles. The van der Waals surface area contributed by atoms with Crippen LogP contribution in [-0.2, 0) is 11.2 Å². The van der Waals surface area contributed by atoms with Crippen LogP contribution in [0.2, 0.25) is 0 Å². The summed E-state index contributed by atoms with van der Waals surface area (Å²) in [7, 11) is 0. The lowest BCUT2D eigenvalue weighted by molar-refractivity contribution is -0.118. The van der Waals surface area contributed by atoms with Crippen LogP contribution in [0, 0.1) is 13.8 Å². The highest BCUT2D eigenvalue weighted by molar-refractivity contribution is 7.16. The van der Waals surface area contributed by atoms with Gasteiger partial charge in [0.25, 0.3) is 5.19 Å². The Morgan fingerprint density at radius 1 is 1.08 bits per heavy atom. The first-order chi connectivity index (χ1) is 18.9. The monoisotopic (exact) mass is 542 g/mol. The number of amides is 1. The van der Waals surface area contributed by atoms with E-state index in [4.69, 9.17) is 9.47 Å². The Morgan fingerprint density at radius 3 is 2.74 bits per heavy atom. The van der Waals surface area contributed by atoms with E-state index in [1.165, 1.54) is 29.0 Å². The summed E-state index contributed by atoms with van der Waals surface area (Å²) in [6.07, 6.45) is 4.60. The van der Waals surface area contributed by atoms with Crippen LogP contribution in [0.25, 0.3) is 10.4 Å². The zero-order chi connectivity index (χ0) is 27.4. The molecule has 0 saturated heterocycles. The average molecular weight is 543 g/mol. The van der Waals surface area contributed by atoms with Gasteiger partial charge in [0.15, 0.2) is 0 Å². The first-order valence-electron chi connectivity index (χ1n) is 13.0. The standard InChI is InChI=1S/C31H30N2O5S/c1-20-8-3-14-27(21(20)2)37-17-7-15-29(34)33-16-6-12-24-25(11-5-13-26(24)33)28-19-32-31(39-28)38-23-10-4-9-22(18-23)30(35)36/h3-5,8-11,13-14,18-19H,6-7,12,15-17H2,1-2H3,(H,35,36). The van der Waals surface area contributed by atoms with Crippen molar-refractivity contribution in [2.24, 2.45) is 0 Å². The number of aromatic nitrogens is 1. The van der Waals surface area contributed by atoms with Crippen LogP contribution >= 0.6 is 11.3 Å². The van der Waals surface area contributed by atoms with Gasteiger partial charge in [-0.05, 0) is 85.7 Å². The molecule has 0 fully saturated rings. The van der Waals surface area contributed by atoms with Crippen molar-refractivity contribution in [2.45, 2.75) is 39.5 Å². The lowest BCUT2D eigenvalue weighted by atomic mass is 9.95. The molecule has 0 saturated carbocycles. The Balaban J connectivity index is 1.26. The molecule has 1 amide bonds. The van der Waals surface area contributed by atoms with Gasteiger partial charge in [-0.2, -0.15) is 0 Å². The van der Waals surface area contributed by atoms with Crippen molar-refractivity contribution >= 4 is 28.9 Å². The predicted octanol–water partition coefficient (Wildman–Crippen LogP) is 7.06. The molecule has 39 heavy (non-hydrogen) atoms. The summed E-state index contributed by atoms with van der Waals surface area (Å²) in [6, 6.07) is 18.4. The first-order valence-corrected chi connectivity index (χ1v) is 13.8. The van der Waals surface area contributed by atoms with Crippen LogP contribution in [0.1, 0.15) is 46.3 Å². The third-order valence-electron chi connectivity index (χ3n) is 6.94. The van der Waals surface area contributed by atoms with Gasteiger partial charge in [0.2, 0.25) is 5.91 Å². The number of hydrogen-bond donors (Lipinski definition) is 1. The molecule has 0 spiro atoms. The Hall–Kier alpha value is -4.17. The van der Waals surface area contributed by atoms with Crippen molar-refractivity contribution in [3.63, 3.8) is 0 Å². The average Bonchev–Trinajstić information content (AvgIpc) is 3.40. The number of benzene rings is 3. The van der Waals surface area contributed by atoms with Crippen molar-refractivity contribution in [2.75, 3.05) is 18.1 Å². The van der Waals surface area contributed by atoms with Gasteiger partial charge in [0.1, 0.15) is 11.5 Å². The van der Waals surface area contributed by atoms with Crippen LogP contribution in [0.15, 0.2) is 66.9 Å². The molecule has 2 heterocycles. The van der Waals surface area contributed by atoms with Gasteiger partial charge < -0.3 is 19.5 Å². The minimum Gasteiger partial charge on any atom is -0.493 e. The Morgan fingerprint density at radius 2 is 1.90 bits per heavy atom. The van der Waals surface area contributed by atoms with E-state index in [0.717, 1.165) is 45.8 Å². The summed E-state index contributed by atoms with van der Waals surface area (Å²) in [5.41, 5.74) is 5.59. The minimum absolute atomic E-state index is 0.101. The van der Waals surface area contributed by atoms with E-state index in [-0.39, 0.29) is 11.5 Å². The normalized spacial score (nSPS) is 12.6. The maximum Gasteiger partial charge on any atom is 0.335 e. The van der Waals surface area contributed by atoms with Gasteiger partial charge in [-0.25, -0.2) is 9.78 Å². The number of aromatic carboxylic acids is 1. The molecule has 0 unspecified atom stereocenters. The molecular weight excluding hydrogens is 512 g/mol. The summed E-state index contributed by atoms with van der Waals surface area (Å²) in [4.78, 5) is 31.7. The Labute approximate surface area is 231 Å². The predicted molar refractivity (Wildman–Crippen MR) is 152 cm³/mol. The highest BCUT2D eigenvalue weighted by Gasteiger charge is 2.25. The van der Waals surface area contributed by atoms with E-state index in [0.29, 0.717) is 36.9 Å². The number of fused-ring (bicyclic) bond motifs is 1. The Bertz CT molecular complexity index is 1510. The van der Waals surface area contributed by atoms with Crippen molar-refractivity contribution in [1.82, 2.24) is 4.98 Å². The molecule has 1 aliphatic rings. The zero-order valence-electron chi connectivity index (χ0n) is 22.0. The number of anilines is 1. The van der Waals surface area contributed by atoms with E-state index in [9.17, 15) is 14.7 Å². The summed E-state index contributed by atoms with van der Waals surface area (Å²) < 4.78 is 11.8. The van der Waals surface area contributed by atoms with Crippen LogP contribution < -0.4 is 14.4 Å². The lowest BCUT2D eigenvalue weighted by Crippen LogP contribution is -2.35. The van der Waals surface area contributed by atoms with Gasteiger partial charge in [0.05, 0.1) is 17.0 Å². The van der Waals surface area contributed by atoms with E-state index < -0.39 is 5.97 Å². The second kappa shape index (κ2) is 11.7. The molecule has 0 atom stereocenters. The van der Waals surface area contributed by atoms with Gasteiger partial charge in [0, 0.05) is 24.8 Å². The molecule has 7 nitrogen and oxygen atoms in total. The fourth-order valence-corrected chi connectivity index (χ4v) is 5.60. The third kappa shape index (κ3) is 5.96. The van der Waals surface area contributed by atoms with Crippen LogP contribution in [0.4, 0.5) is 5.69 Å². The molecule has 1 N–H and O–H groups in total. The number of aryl methyl sites for hydroxylation is 1. The number of carboxylic acids is 1. The molecule has 3 aromatic carbocycles. The van der Waals surface area contributed by atoms with E-state index in [1.807, 2.05) is 42.2 Å². The largest absolute Gasteiger partial charge is 0.493 e. The number of rotatable bonds is 9. The van der Waals surface area contributed by atoms with Crippen LogP contribution in [-0.4, -0.2) is 35.1 Å². The SMILES string of the molecule is Cc1cccc(OCCCC(=O)N2CCCc3c(-c4cnc(Oc5cccc(C(=O)O)c5)s4)cccc32)c1C. The van der Waals surface area contributed by atoms with Crippen molar-refractivity contribution in [3.8, 4) is 27.1 Å². The molecule has 0 radical (unpaired) electrons. The van der Waals surface area contributed by atoms with Crippen molar-refractivity contribution in [1.29, 1.82) is 0 Å². The summed E-state index contributed by atoms with van der Waals surface area (Å²) in [5.74, 6) is 0.385. The van der Waals surface area contributed by atoms with E-state index >= 15 is 0 Å². The highest BCUT2D eigenvalue weighted by Crippen LogP contribution is 2.40. The first kappa shape index (κ1) is 26.4. The number of carboxylic acid groups (broad SMARTS) is 1. The smallest absolute Gasteiger partial charge is 0.335 e. The maximum atomic E-state index is 13.2. The van der Waals surface area contributed by atoms with E-state index in [2.05, 4.69) is 18.0 Å². The minimum atomic E-state index is -1.01. The second-order valence-corrected chi connectivity index (χ2v) is 10.5. The fraction of sp³-hybridized carbons (Fsp3) is 0.258. The number of nitrogens with zero attached hydrogens (tertiary/aromatic N) is 2. The topological polar surface area (TPSA) is 89.0 Å². The molecule has 8 heteroatoms. The molecule has 1 aliphatic heterocycles. The summed E-state index contributed by atoms with van der Waals surface area (Å²) in [5, 5.41) is 9.65. The number of ether oxygens (including phenoxy) is 2. The maximum absolute atomic E-state index is 13.2. The molecular formula is C31H30N2O5S. The number of thiazole rings is 1.